The molecule has 0 radical (unpaired) electrons. The first kappa shape index (κ1) is 23.1. The van der Waals surface area contributed by atoms with Gasteiger partial charge in [-0.25, -0.2) is 0 Å². The maximum atomic E-state index is 13.1. The molecule has 0 aliphatic carbocycles. The molecule has 5 aromatic rings. The Hall–Kier alpha value is -3.68. The molecule has 5 nitrogen and oxygen atoms in total. The lowest BCUT2D eigenvalue weighted by Gasteiger charge is -2.20. The third-order valence-electron chi connectivity index (χ3n) is 5.55. The van der Waals surface area contributed by atoms with Crippen LogP contribution in [0, 0.1) is 0 Å². The van der Waals surface area contributed by atoms with Crippen LogP contribution in [0.4, 0.5) is 0 Å². The summed E-state index contributed by atoms with van der Waals surface area (Å²) < 4.78 is 2.09. The highest BCUT2D eigenvalue weighted by Gasteiger charge is 2.20. The fourth-order valence-corrected chi connectivity index (χ4v) is 5.34. The molecule has 5 rings (SSSR count). The highest BCUT2D eigenvalue weighted by atomic mass is 32.2. The number of benzene rings is 3. The molecule has 0 saturated heterocycles. The second kappa shape index (κ2) is 11.2. The van der Waals surface area contributed by atoms with E-state index < -0.39 is 0 Å². The van der Waals surface area contributed by atoms with Gasteiger partial charge >= 0.3 is 0 Å². The molecule has 0 aliphatic heterocycles. The van der Waals surface area contributed by atoms with Crippen molar-refractivity contribution in [2.45, 2.75) is 17.7 Å². The van der Waals surface area contributed by atoms with Gasteiger partial charge in [-0.2, -0.15) is 0 Å². The molecule has 1 N–H and O–H groups in total. The predicted octanol–water partition coefficient (Wildman–Crippen LogP) is 6.05. The average molecular weight is 497 g/mol. The minimum absolute atomic E-state index is 0.0559. The summed E-state index contributed by atoms with van der Waals surface area (Å²) in [6.45, 7) is 0.641. The van der Waals surface area contributed by atoms with Crippen LogP contribution in [0.15, 0.2) is 114 Å². The number of hydrogen-bond donors (Lipinski definition) is 1. The molecule has 0 atom stereocenters. The minimum atomic E-state index is -0.214. The second-order valence-corrected chi connectivity index (χ2v) is 9.86. The molecule has 7 heteroatoms. The molecule has 1 amide bonds. The Balaban J connectivity index is 1.34. The Morgan fingerprint density at radius 2 is 1.46 bits per heavy atom. The van der Waals surface area contributed by atoms with Crippen LogP contribution in [0.5, 0.6) is 0 Å². The van der Waals surface area contributed by atoms with Gasteiger partial charge in [-0.3, -0.25) is 9.36 Å². The number of carbonyl (C=O) groups is 1. The van der Waals surface area contributed by atoms with E-state index >= 15 is 0 Å². The van der Waals surface area contributed by atoms with Crippen molar-refractivity contribution in [2.24, 2.45) is 0 Å². The Morgan fingerprint density at radius 3 is 2.06 bits per heavy atom. The first-order valence-corrected chi connectivity index (χ1v) is 13.2. The molecule has 0 fully saturated rings. The first-order valence-electron chi connectivity index (χ1n) is 11.3. The van der Waals surface area contributed by atoms with E-state index in [0.717, 1.165) is 32.5 Å². The van der Waals surface area contributed by atoms with Gasteiger partial charge in [-0.05, 0) is 28.1 Å². The zero-order valence-corrected chi connectivity index (χ0v) is 20.6. The summed E-state index contributed by atoms with van der Waals surface area (Å²) in [5, 5.41) is 14.9. The van der Waals surface area contributed by atoms with E-state index in [-0.39, 0.29) is 17.7 Å². The standard InChI is InChI=1S/C28H24N4OS2/c33-25(29-26(22-13-6-2-7-14-22)23-15-8-3-9-16-23)20-35-28-31-30-27(24-17-10-18-34-24)32(28)19-21-11-4-1-5-12-21/h1-18,26H,19-20H2,(H,29,33). The number of hydrogen-bond acceptors (Lipinski definition) is 5. The second-order valence-electron chi connectivity index (χ2n) is 7.97. The highest BCUT2D eigenvalue weighted by molar-refractivity contribution is 7.99. The van der Waals surface area contributed by atoms with Gasteiger partial charge in [-0.15, -0.1) is 21.5 Å². The summed E-state index contributed by atoms with van der Waals surface area (Å²) in [5.74, 6) is 1.01. The van der Waals surface area contributed by atoms with Crippen LogP contribution in [0.3, 0.4) is 0 Å². The molecule has 0 aliphatic rings. The zero-order chi connectivity index (χ0) is 23.9. The van der Waals surface area contributed by atoms with E-state index in [2.05, 4.69) is 32.2 Å². The Labute approximate surface area is 212 Å². The fraction of sp³-hybridized carbons (Fsp3) is 0.107. The number of amides is 1. The summed E-state index contributed by atoms with van der Waals surface area (Å²) >= 11 is 3.04. The van der Waals surface area contributed by atoms with E-state index in [1.165, 1.54) is 11.8 Å². The summed E-state index contributed by atoms with van der Waals surface area (Å²) in [7, 11) is 0. The quantitative estimate of drug-likeness (QED) is 0.252. The summed E-state index contributed by atoms with van der Waals surface area (Å²) in [6.07, 6.45) is 0. The van der Waals surface area contributed by atoms with Crippen molar-refractivity contribution in [3.05, 3.63) is 125 Å². The van der Waals surface area contributed by atoms with Crippen LogP contribution in [0.25, 0.3) is 10.7 Å². The molecule has 0 unspecified atom stereocenters. The molecule has 174 valence electrons. The number of rotatable bonds is 9. The molecule has 2 heterocycles. The summed E-state index contributed by atoms with van der Waals surface area (Å²) in [6, 6.07) is 34.1. The Kier molecular flexibility index (Phi) is 7.36. The van der Waals surface area contributed by atoms with Gasteiger partial charge in [0.25, 0.3) is 0 Å². The van der Waals surface area contributed by atoms with Crippen molar-refractivity contribution >= 4 is 29.0 Å². The van der Waals surface area contributed by atoms with Crippen molar-refractivity contribution in [2.75, 3.05) is 5.75 Å². The molecule has 2 aromatic heterocycles. The maximum absolute atomic E-state index is 13.1. The van der Waals surface area contributed by atoms with Gasteiger partial charge in [0, 0.05) is 0 Å². The SMILES string of the molecule is O=C(CSc1nnc(-c2cccs2)n1Cc1ccccc1)NC(c1ccccc1)c1ccccc1. The van der Waals surface area contributed by atoms with Crippen LogP contribution in [0.2, 0.25) is 0 Å². The molecule has 3 aromatic carbocycles. The van der Waals surface area contributed by atoms with Crippen LogP contribution >= 0.6 is 23.1 Å². The first-order chi connectivity index (χ1) is 17.3. The fourth-order valence-electron chi connectivity index (χ4n) is 3.87. The van der Waals surface area contributed by atoms with Crippen molar-refractivity contribution in [1.29, 1.82) is 0 Å². The summed E-state index contributed by atoms with van der Waals surface area (Å²) in [5.41, 5.74) is 3.25. The largest absolute Gasteiger partial charge is 0.344 e. The van der Waals surface area contributed by atoms with Crippen molar-refractivity contribution in [1.82, 2.24) is 20.1 Å². The van der Waals surface area contributed by atoms with Gasteiger partial charge in [0.1, 0.15) is 0 Å². The van der Waals surface area contributed by atoms with Crippen molar-refractivity contribution in [3.8, 4) is 10.7 Å². The molecular weight excluding hydrogens is 472 g/mol. The molecule has 35 heavy (non-hydrogen) atoms. The van der Waals surface area contributed by atoms with Gasteiger partial charge in [0.15, 0.2) is 11.0 Å². The van der Waals surface area contributed by atoms with Crippen molar-refractivity contribution in [3.63, 3.8) is 0 Å². The Morgan fingerprint density at radius 1 is 0.829 bits per heavy atom. The number of nitrogens with zero attached hydrogens (tertiary/aromatic N) is 3. The lowest BCUT2D eigenvalue weighted by Crippen LogP contribution is -2.30. The summed E-state index contributed by atoms with van der Waals surface area (Å²) in [4.78, 5) is 14.1. The number of thiophene rings is 1. The van der Waals surface area contributed by atoms with E-state index in [9.17, 15) is 4.79 Å². The van der Waals surface area contributed by atoms with Crippen LogP contribution in [-0.2, 0) is 11.3 Å². The maximum Gasteiger partial charge on any atom is 0.231 e. The highest BCUT2D eigenvalue weighted by Crippen LogP contribution is 2.28. The van der Waals surface area contributed by atoms with E-state index in [0.29, 0.717) is 6.54 Å². The lowest BCUT2D eigenvalue weighted by atomic mass is 9.99. The molecule has 0 saturated carbocycles. The number of thioether (sulfide) groups is 1. The van der Waals surface area contributed by atoms with Crippen LogP contribution in [0.1, 0.15) is 22.7 Å². The molecule has 0 bridgehead atoms. The number of nitrogens with one attached hydrogen (secondary N) is 1. The third kappa shape index (κ3) is 5.70. The van der Waals surface area contributed by atoms with Gasteiger partial charge in [-0.1, -0.05) is 109 Å². The van der Waals surface area contributed by atoms with Crippen molar-refractivity contribution < 1.29 is 4.79 Å². The smallest absolute Gasteiger partial charge is 0.231 e. The molecule has 0 spiro atoms. The van der Waals surface area contributed by atoms with Crippen LogP contribution < -0.4 is 5.32 Å². The Bertz CT molecular complexity index is 1310. The molecular formula is C28H24N4OS2. The van der Waals surface area contributed by atoms with Gasteiger partial charge < -0.3 is 5.32 Å². The minimum Gasteiger partial charge on any atom is -0.344 e. The van der Waals surface area contributed by atoms with E-state index in [1.54, 1.807) is 11.3 Å². The zero-order valence-electron chi connectivity index (χ0n) is 19.0. The average Bonchev–Trinajstić information content (AvgIpc) is 3.58. The van der Waals surface area contributed by atoms with E-state index in [4.69, 9.17) is 0 Å². The normalized spacial score (nSPS) is 11.0. The van der Waals surface area contributed by atoms with Gasteiger partial charge in [0.05, 0.1) is 23.2 Å². The number of aromatic nitrogens is 3. The predicted molar refractivity (Wildman–Crippen MR) is 142 cm³/mol. The van der Waals surface area contributed by atoms with Gasteiger partial charge in [0.2, 0.25) is 5.91 Å². The van der Waals surface area contributed by atoms with Crippen LogP contribution in [-0.4, -0.2) is 26.4 Å². The lowest BCUT2D eigenvalue weighted by molar-refractivity contribution is -0.119. The third-order valence-corrected chi connectivity index (χ3v) is 7.38. The monoisotopic (exact) mass is 496 g/mol. The topological polar surface area (TPSA) is 59.8 Å². The number of carbonyl (C=O) groups excluding carboxylic acids is 1. The van der Waals surface area contributed by atoms with E-state index in [1.807, 2.05) is 96.4 Å².